The minimum absolute atomic E-state index is 0.0544. The van der Waals surface area contributed by atoms with Gasteiger partial charge in [0.1, 0.15) is 0 Å². The third kappa shape index (κ3) is 4.61. The van der Waals surface area contributed by atoms with Gasteiger partial charge in [0.05, 0.1) is 12.3 Å². The average Bonchev–Trinajstić information content (AvgIpc) is 2.56. The molecule has 2 N–H and O–H groups in total. The number of carbonyl (C=O) groups excluding carboxylic acids is 1. The van der Waals surface area contributed by atoms with Crippen molar-refractivity contribution in [1.82, 2.24) is 14.9 Å². The predicted molar refractivity (Wildman–Crippen MR) is 66.1 cm³/mol. The largest absolute Gasteiger partial charge is 0.353 e. The highest BCUT2D eigenvalue weighted by molar-refractivity contribution is 7.89. The Morgan fingerprint density at radius 1 is 1.47 bits per heavy atom. The van der Waals surface area contributed by atoms with Gasteiger partial charge in [-0.25, -0.2) is 8.42 Å². The summed E-state index contributed by atoms with van der Waals surface area (Å²) in [6, 6.07) is 0.194. The van der Waals surface area contributed by atoms with Crippen LogP contribution in [-0.2, 0) is 14.8 Å². The van der Waals surface area contributed by atoms with Crippen LogP contribution in [0, 0.1) is 0 Å². The highest BCUT2D eigenvalue weighted by Crippen LogP contribution is 2.11. The van der Waals surface area contributed by atoms with Gasteiger partial charge >= 0.3 is 0 Å². The molecule has 6 nitrogen and oxygen atoms in total. The normalized spacial score (nSPS) is 21.3. The van der Waals surface area contributed by atoms with Crippen LogP contribution < -0.4 is 10.6 Å². The third-order valence-corrected chi connectivity index (χ3v) is 4.58. The van der Waals surface area contributed by atoms with E-state index in [0.717, 1.165) is 6.54 Å². The molecular weight excluding hydrogens is 242 g/mol. The minimum atomic E-state index is -3.17. The standard InChI is InChI=1S/C10H21N3O3S/c1-3-11-9(2)7-12-10(14)8-13-5-4-6-17(13,15)16/h9,11H,3-8H2,1-2H3,(H,12,14)/t9-/m1/s1. The second-order valence-electron chi connectivity index (χ2n) is 4.27. The third-order valence-electron chi connectivity index (χ3n) is 2.68. The maximum absolute atomic E-state index is 11.6. The number of hydrogen-bond donors (Lipinski definition) is 2. The van der Waals surface area contributed by atoms with Crippen molar-refractivity contribution in [3.05, 3.63) is 0 Å². The zero-order valence-corrected chi connectivity index (χ0v) is 11.2. The van der Waals surface area contributed by atoms with Gasteiger partial charge in [0, 0.05) is 19.1 Å². The Labute approximate surface area is 103 Å². The van der Waals surface area contributed by atoms with Crippen LogP contribution in [0.4, 0.5) is 0 Å². The van der Waals surface area contributed by atoms with Crippen molar-refractivity contribution in [2.75, 3.05) is 31.9 Å². The lowest BCUT2D eigenvalue weighted by atomic mass is 10.3. The van der Waals surface area contributed by atoms with E-state index in [4.69, 9.17) is 0 Å². The molecule has 100 valence electrons. The van der Waals surface area contributed by atoms with Crippen molar-refractivity contribution in [2.24, 2.45) is 0 Å². The molecule has 1 aliphatic heterocycles. The molecule has 7 heteroatoms. The summed E-state index contributed by atoms with van der Waals surface area (Å²) in [5.41, 5.74) is 0. The molecule has 0 bridgehead atoms. The molecule has 1 atom stereocenters. The van der Waals surface area contributed by atoms with Crippen LogP contribution in [-0.4, -0.2) is 56.6 Å². The number of hydrogen-bond acceptors (Lipinski definition) is 4. The lowest BCUT2D eigenvalue weighted by Gasteiger charge is -2.16. The second-order valence-corrected chi connectivity index (χ2v) is 6.35. The van der Waals surface area contributed by atoms with Gasteiger partial charge in [-0.15, -0.1) is 0 Å². The van der Waals surface area contributed by atoms with Crippen LogP contribution in [0.5, 0.6) is 0 Å². The molecule has 0 aromatic heterocycles. The van der Waals surface area contributed by atoms with Crippen LogP contribution in [0.1, 0.15) is 20.3 Å². The maximum atomic E-state index is 11.6. The number of nitrogens with zero attached hydrogens (tertiary/aromatic N) is 1. The highest BCUT2D eigenvalue weighted by atomic mass is 32.2. The summed E-state index contributed by atoms with van der Waals surface area (Å²) >= 11 is 0. The summed E-state index contributed by atoms with van der Waals surface area (Å²) in [6.45, 7) is 5.73. The molecule has 0 aromatic carbocycles. The molecule has 1 amide bonds. The van der Waals surface area contributed by atoms with Crippen LogP contribution >= 0.6 is 0 Å². The smallest absolute Gasteiger partial charge is 0.235 e. The molecule has 1 rings (SSSR count). The number of carbonyl (C=O) groups is 1. The van der Waals surface area contributed by atoms with Gasteiger partial charge in [-0.3, -0.25) is 4.79 Å². The quantitative estimate of drug-likeness (QED) is 0.653. The van der Waals surface area contributed by atoms with Gasteiger partial charge in [-0.05, 0) is 19.9 Å². The van der Waals surface area contributed by atoms with Gasteiger partial charge in [0.15, 0.2) is 0 Å². The van der Waals surface area contributed by atoms with E-state index in [1.54, 1.807) is 0 Å². The summed E-state index contributed by atoms with van der Waals surface area (Å²) in [4.78, 5) is 11.6. The fraction of sp³-hybridized carbons (Fsp3) is 0.900. The van der Waals surface area contributed by atoms with Crippen LogP contribution in [0.3, 0.4) is 0 Å². The van der Waals surface area contributed by atoms with Crippen LogP contribution in [0.25, 0.3) is 0 Å². The molecule has 1 heterocycles. The lowest BCUT2D eigenvalue weighted by molar-refractivity contribution is -0.121. The summed E-state index contributed by atoms with van der Waals surface area (Å²) in [7, 11) is -3.17. The fourth-order valence-corrected chi connectivity index (χ4v) is 3.25. The summed E-state index contributed by atoms with van der Waals surface area (Å²) < 4.78 is 24.2. The van der Waals surface area contributed by atoms with Crippen LogP contribution in [0.15, 0.2) is 0 Å². The van der Waals surface area contributed by atoms with Crippen molar-refractivity contribution >= 4 is 15.9 Å². The molecule has 1 fully saturated rings. The predicted octanol–water partition coefficient (Wildman–Crippen LogP) is -0.864. The van der Waals surface area contributed by atoms with Gasteiger partial charge in [0.2, 0.25) is 15.9 Å². The van der Waals surface area contributed by atoms with Crippen molar-refractivity contribution in [1.29, 1.82) is 0 Å². The maximum Gasteiger partial charge on any atom is 0.235 e. The number of rotatable bonds is 6. The van der Waals surface area contributed by atoms with E-state index in [2.05, 4.69) is 10.6 Å². The van der Waals surface area contributed by atoms with Crippen molar-refractivity contribution in [3.63, 3.8) is 0 Å². The van der Waals surface area contributed by atoms with Crippen molar-refractivity contribution in [3.8, 4) is 0 Å². The van der Waals surface area contributed by atoms with E-state index in [-0.39, 0.29) is 24.2 Å². The fourth-order valence-electron chi connectivity index (χ4n) is 1.77. The summed E-state index contributed by atoms with van der Waals surface area (Å²) in [5, 5.41) is 5.89. The first-order valence-corrected chi connectivity index (χ1v) is 7.54. The summed E-state index contributed by atoms with van der Waals surface area (Å²) in [5.74, 6) is -0.0751. The first-order valence-electron chi connectivity index (χ1n) is 5.93. The van der Waals surface area contributed by atoms with E-state index in [1.165, 1.54) is 4.31 Å². The lowest BCUT2D eigenvalue weighted by Crippen LogP contribution is -2.43. The van der Waals surface area contributed by atoms with Gasteiger partial charge in [-0.2, -0.15) is 4.31 Å². The van der Waals surface area contributed by atoms with Gasteiger partial charge in [-0.1, -0.05) is 6.92 Å². The summed E-state index contributed by atoms with van der Waals surface area (Å²) in [6.07, 6.45) is 0.614. The van der Waals surface area contributed by atoms with E-state index in [0.29, 0.717) is 19.5 Å². The Morgan fingerprint density at radius 2 is 2.18 bits per heavy atom. The Hall–Kier alpha value is -0.660. The number of nitrogens with one attached hydrogen (secondary N) is 2. The topological polar surface area (TPSA) is 78.5 Å². The molecular formula is C10H21N3O3S. The zero-order chi connectivity index (χ0) is 12.9. The van der Waals surface area contributed by atoms with Crippen molar-refractivity contribution < 1.29 is 13.2 Å². The molecule has 0 radical (unpaired) electrons. The average molecular weight is 263 g/mol. The molecule has 0 saturated carbocycles. The second kappa shape index (κ2) is 6.32. The first kappa shape index (κ1) is 14.4. The molecule has 0 spiro atoms. The Balaban J connectivity index is 2.30. The van der Waals surface area contributed by atoms with E-state index in [9.17, 15) is 13.2 Å². The molecule has 0 unspecified atom stereocenters. The Bertz CT molecular complexity index is 356. The number of amides is 1. The molecule has 1 aliphatic rings. The van der Waals surface area contributed by atoms with Gasteiger partial charge < -0.3 is 10.6 Å². The van der Waals surface area contributed by atoms with E-state index >= 15 is 0 Å². The molecule has 0 aromatic rings. The Kier molecular flexibility index (Phi) is 5.35. The number of likely N-dealkylation sites (N-methyl/N-ethyl adjacent to an activating group) is 1. The SMILES string of the molecule is CCN[C@H](C)CNC(=O)CN1CCCS1(=O)=O. The molecule has 0 aliphatic carbocycles. The molecule has 1 saturated heterocycles. The van der Waals surface area contributed by atoms with E-state index in [1.807, 2.05) is 13.8 Å². The van der Waals surface area contributed by atoms with E-state index < -0.39 is 10.0 Å². The van der Waals surface area contributed by atoms with Crippen molar-refractivity contribution in [2.45, 2.75) is 26.3 Å². The Morgan fingerprint density at radius 3 is 2.71 bits per heavy atom. The molecule has 17 heavy (non-hydrogen) atoms. The monoisotopic (exact) mass is 263 g/mol. The van der Waals surface area contributed by atoms with Gasteiger partial charge in [0.25, 0.3) is 0 Å². The number of sulfonamides is 1. The zero-order valence-electron chi connectivity index (χ0n) is 10.4. The minimum Gasteiger partial charge on any atom is -0.353 e. The first-order chi connectivity index (χ1) is 7.95. The highest BCUT2D eigenvalue weighted by Gasteiger charge is 2.29. The van der Waals surface area contributed by atoms with Crippen LogP contribution in [0.2, 0.25) is 0 Å².